The zero-order valence-electron chi connectivity index (χ0n) is 9.80. The summed E-state index contributed by atoms with van der Waals surface area (Å²) in [5, 5.41) is 4.16. The fraction of sp³-hybridized carbons (Fsp3) is 0.727. The number of aromatic nitrogens is 2. The van der Waals surface area contributed by atoms with Crippen molar-refractivity contribution in [3.8, 4) is 0 Å². The highest BCUT2D eigenvalue weighted by molar-refractivity contribution is 5.04. The molecule has 2 heterocycles. The van der Waals surface area contributed by atoms with Crippen LogP contribution in [0.2, 0.25) is 0 Å². The van der Waals surface area contributed by atoms with E-state index >= 15 is 0 Å². The minimum Gasteiger partial charge on any atom is -0.374 e. The molecule has 0 saturated carbocycles. The van der Waals surface area contributed by atoms with E-state index in [1.807, 2.05) is 17.9 Å². The lowest BCUT2D eigenvalue weighted by Crippen LogP contribution is -2.46. The second kappa shape index (κ2) is 5.43. The van der Waals surface area contributed by atoms with E-state index in [1.165, 1.54) is 5.56 Å². The van der Waals surface area contributed by atoms with E-state index in [9.17, 15) is 0 Å². The first-order chi connectivity index (χ1) is 7.78. The van der Waals surface area contributed by atoms with Gasteiger partial charge in [0.25, 0.3) is 0 Å². The Bertz CT molecular complexity index is 326. The first-order valence-electron chi connectivity index (χ1n) is 5.79. The third kappa shape index (κ3) is 3.04. The number of nitrogens with two attached hydrogens (primary N) is 1. The van der Waals surface area contributed by atoms with E-state index in [4.69, 9.17) is 10.5 Å². The highest BCUT2D eigenvalue weighted by Crippen LogP contribution is 2.06. The predicted molar refractivity (Wildman–Crippen MR) is 62.1 cm³/mol. The quantitative estimate of drug-likeness (QED) is 0.757. The average Bonchev–Trinajstić information content (AvgIpc) is 2.73. The van der Waals surface area contributed by atoms with Crippen LogP contribution in [0, 0.1) is 0 Å². The van der Waals surface area contributed by atoms with E-state index in [0.717, 1.165) is 32.7 Å². The van der Waals surface area contributed by atoms with E-state index in [0.29, 0.717) is 6.54 Å². The number of morpholine rings is 1. The summed E-state index contributed by atoms with van der Waals surface area (Å²) in [6.07, 6.45) is 5.26. The van der Waals surface area contributed by atoms with Crippen LogP contribution in [0.15, 0.2) is 12.4 Å². The van der Waals surface area contributed by atoms with Gasteiger partial charge in [-0.15, -0.1) is 0 Å². The Morgan fingerprint density at radius 2 is 2.50 bits per heavy atom. The Morgan fingerprint density at radius 3 is 3.19 bits per heavy atom. The summed E-state index contributed by atoms with van der Waals surface area (Å²) < 4.78 is 7.37. The Morgan fingerprint density at radius 1 is 1.62 bits per heavy atom. The molecular formula is C11H20N4O. The smallest absolute Gasteiger partial charge is 0.0824 e. The van der Waals surface area contributed by atoms with Crippen molar-refractivity contribution in [1.29, 1.82) is 0 Å². The highest BCUT2D eigenvalue weighted by atomic mass is 16.5. The molecule has 1 aromatic rings. The summed E-state index contributed by atoms with van der Waals surface area (Å²) in [5.41, 5.74) is 6.90. The summed E-state index contributed by atoms with van der Waals surface area (Å²) in [5.74, 6) is 0. The van der Waals surface area contributed by atoms with Gasteiger partial charge in [-0.2, -0.15) is 5.10 Å². The van der Waals surface area contributed by atoms with Crippen LogP contribution in [-0.4, -0.2) is 53.6 Å². The monoisotopic (exact) mass is 224 g/mol. The Kier molecular flexibility index (Phi) is 3.93. The average molecular weight is 224 g/mol. The molecule has 1 saturated heterocycles. The molecule has 5 heteroatoms. The number of hydrogen-bond donors (Lipinski definition) is 1. The van der Waals surface area contributed by atoms with Crippen molar-refractivity contribution in [2.75, 3.05) is 32.8 Å². The fourth-order valence-electron chi connectivity index (χ4n) is 2.01. The van der Waals surface area contributed by atoms with Crippen LogP contribution in [0.3, 0.4) is 0 Å². The van der Waals surface area contributed by atoms with Gasteiger partial charge >= 0.3 is 0 Å². The van der Waals surface area contributed by atoms with Crippen LogP contribution in [0.4, 0.5) is 0 Å². The zero-order valence-corrected chi connectivity index (χ0v) is 9.80. The van der Waals surface area contributed by atoms with Crippen molar-refractivity contribution in [2.45, 2.75) is 12.5 Å². The second-order valence-electron chi connectivity index (χ2n) is 4.30. The zero-order chi connectivity index (χ0) is 11.4. The largest absolute Gasteiger partial charge is 0.374 e. The number of rotatable bonds is 4. The lowest BCUT2D eigenvalue weighted by atomic mass is 10.2. The summed E-state index contributed by atoms with van der Waals surface area (Å²) in [6, 6.07) is 0. The van der Waals surface area contributed by atoms with E-state index in [-0.39, 0.29) is 6.10 Å². The Labute approximate surface area is 96.2 Å². The molecule has 1 aliphatic rings. The van der Waals surface area contributed by atoms with Crippen LogP contribution in [-0.2, 0) is 18.2 Å². The molecule has 0 amide bonds. The van der Waals surface area contributed by atoms with Gasteiger partial charge in [0.1, 0.15) is 0 Å². The maximum absolute atomic E-state index is 5.61. The molecule has 1 unspecified atom stereocenters. The third-order valence-electron chi connectivity index (χ3n) is 2.96. The molecule has 2 N–H and O–H groups in total. The Hall–Kier alpha value is -0.910. The third-order valence-corrected chi connectivity index (χ3v) is 2.96. The van der Waals surface area contributed by atoms with E-state index in [2.05, 4.69) is 16.2 Å². The topological polar surface area (TPSA) is 56.3 Å². The van der Waals surface area contributed by atoms with Crippen molar-refractivity contribution in [1.82, 2.24) is 14.7 Å². The molecule has 0 bridgehead atoms. The molecule has 0 radical (unpaired) electrons. The summed E-state index contributed by atoms with van der Waals surface area (Å²) in [4.78, 5) is 2.41. The molecule has 16 heavy (non-hydrogen) atoms. The van der Waals surface area contributed by atoms with Crippen LogP contribution < -0.4 is 5.73 Å². The molecule has 0 spiro atoms. The first kappa shape index (κ1) is 11.6. The van der Waals surface area contributed by atoms with Crippen molar-refractivity contribution in [3.05, 3.63) is 18.0 Å². The second-order valence-corrected chi connectivity index (χ2v) is 4.30. The lowest BCUT2D eigenvalue weighted by Gasteiger charge is -2.32. The number of ether oxygens (including phenoxy) is 1. The SMILES string of the molecule is Cn1cc(CCN2CCOC(CN)C2)cn1. The minimum atomic E-state index is 0.211. The first-order valence-corrected chi connectivity index (χ1v) is 5.79. The van der Waals surface area contributed by atoms with Crippen molar-refractivity contribution < 1.29 is 4.74 Å². The lowest BCUT2D eigenvalue weighted by molar-refractivity contribution is -0.0226. The molecule has 0 aliphatic carbocycles. The van der Waals surface area contributed by atoms with Crippen molar-refractivity contribution in [3.63, 3.8) is 0 Å². The fourth-order valence-corrected chi connectivity index (χ4v) is 2.01. The van der Waals surface area contributed by atoms with E-state index in [1.54, 1.807) is 0 Å². The number of hydrogen-bond acceptors (Lipinski definition) is 4. The van der Waals surface area contributed by atoms with Gasteiger partial charge in [0.05, 0.1) is 18.9 Å². The summed E-state index contributed by atoms with van der Waals surface area (Å²) in [6.45, 7) is 4.44. The molecule has 2 rings (SSSR count). The van der Waals surface area contributed by atoms with Crippen LogP contribution in [0.25, 0.3) is 0 Å². The van der Waals surface area contributed by atoms with Gasteiger partial charge in [-0.3, -0.25) is 9.58 Å². The van der Waals surface area contributed by atoms with Crippen LogP contribution in [0.1, 0.15) is 5.56 Å². The normalized spacial score (nSPS) is 22.5. The van der Waals surface area contributed by atoms with Crippen molar-refractivity contribution >= 4 is 0 Å². The standard InChI is InChI=1S/C11H20N4O/c1-14-8-10(7-13-14)2-3-15-4-5-16-11(6-12)9-15/h7-8,11H,2-6,9,12H2,1H3. The van der Waals surface area contributed by atoms with Gasteiger partial charge in [-0.1, -0.05) is 0 Å². The highest BCUT2D eigenvalue weighted by Gasteiger charge is 2.18. The van der Waals surface area contributed by atoms with E-state index < -0.39 is 0 Å². The van der Waals surface area contributed by atoms with Gasteiger partial charge in [0.15, 0.2) is 0 Å². The maximum atomic E-state index is 5.61. The molecular weight excluding hydrogens is 204 g/mol. The molecule has 1 fully saturated rings. The summed E-state index contributed by atoms with van der Waals surface area (Å²) >= 11 is 0. The summed E-state index contributed by atoms with van der Waals surface area (Å²) in [7, 11) is 1.95. The number of aryl methyl sites for hydroxylation is 1. The van der Waals surface area contributed by atoms with Gasteiger partial charge in [-0.05, 0) is 12.0 Å². The molecule has 90 valence electrons. The number of nitrogens with zero attached hydrogens (tertiary/aromatic N) is 3. The van der Waals surface area contributed by atoms with Gasteiger partial charge in [0, 0.05) is 39.4 Å². The predicted octanol–water partition coefficient (Wildman–Crippen LogP) is -0.378. The minimum absolute atomic E-state index is 0.211. The van der Waals surface area contributed by atoms with Gasteiger partial charge in [0.2, 0.25) is 0 Å². The molecule has 0 aromatic carbocycles. The molecule has 1 atom stereocenters. The molecule has 1 aliphatic heterocycles. The van der Waals surface area contributed by atoms with Gasteiger partial charge in [-0.25, -0.2) is 0 Å². The van der Waals surface area contributed by atoms with Crippen molar-refractivity contribution in [2.24, 2.45) is 12.8 Å². The maximum Gasteiger partial charge on any atom is 0.0824 e. The molecule has 1 aromatic heterocycles. The molecule has 5 nitrogen and oxygen atoms in total. The Balaban J connectivity index is 1.77. The van der Waals surface area contributed by atoms with Crippen LogP contribution >= 0.6 is 0 Å². The van der Waals surface area contributed by atoms with Crippen LogP contribution in [0.5, 0.6) is 0 Å². The van der Waals surface area contributed by atoms with Gasteiger partial charge < -0.3 is 10.5 Å².